The fourth-order valence-electron chi connectivity index (χ4n) is 1.64. The number of nitrogens with one attached hydrogen (secondary N) is 1. The third kappa shape index (κ3) is 4.87. The summed E-state index contributed by atoms with van der Waals surface area (Å²) in [5.41, 5.74) is 0.744. The lowest BCUT2D eigenvalue weighted by Gasteiger charge is -2.17. The standard InChI is InChI=1S/C14H21FN2O2/c1-4-16-9-14(18)17(3)10-11-6-7-13(19-5-2)12(15)8-11/h6-8,16H,4-5,9-10H2,1-3H3. The van der Waals surface area contributed by atoms with Gasteiger partial charge in [-0.15, -0.1) is 0 Å². The number of benzene rings is 1. The Labute approximate surface area is 113 Å². The van der Waals surface area contributed by atoms with Crippen LogP contribution in [0.4, 0.5) is 4.39 Å². The molecule has 0 heterocycles. The quantitative estimate of drug-likeness (QED) is 0.820. The third-order valence-corrected chi connectivity index (χ3v) is 2.67. The van der Waals surface area contributed by atoms with E-state index >= 15 is 0 Å². The molecule has 1 rings (SSSR count). The molecule has 5 heteroatoms. The highest BCUT2D eigenvalue weighted by Gasteiger charge is 2.10. The van der Waals surface area contributed by atoms with Crippen molar-refractivity contribution in [2.45, 2.75) is 20.4 Å². The average Bonchev–Trinajstić information content (AvgIpc) is 2.39. The lowest BCUT2D eigenvalue weighted by Crippen LogP contribution is -2.35. The van der Waals surface area contributed by atoms with Gasteiger partial charge in [-0.05, 0) is 31.2 Å². The number of carbonyl (C=O) groups excluding carboxylic acids is 1. The molecule has 0 saturated carbocycles. The minimum Gasteiger partial charge on any atom is -0.491 e. The fourth-order valence-corrected chi connectivity index (χ4v) is 1.64. The second-order valence-corrected chi connectivity index (χ2v) is 4.23. The molecule has 0 atom stereocenters. The molecular formula is C14H21FN2O2. The maximum atomic E-state index is 13.7. The second kappa shape index (κ2) is 7.74. The van der Waals surface area contributed by atoms with Crippen molar-refractivity contribution < 1.29 is 13.9 Å². The first kappa shape index (κ1) is 15.4. The average molecular weight is 268 g/mol. The van der Waals surface area contributed by atoms with Gasteiger partial charge in [-0.2, -0.15) is 0 Å². The molecule has 1 aromatic rings. The van der Waals surface area contributed by atoms with E-state index < -0.39 is 5.82 Å². The Morgan fingerprint density at radius 1 is 1.42 bits per heavy atom. The Balaban J connectivity index is 2.61. The summed E-state index contributed by atoms with van der Waals surface area (Å²) in [4.78, 5) is 13.3. The van der Waals surface area contributed by atoms with Crippen LogP contribution < -0.4 is 10.1 Å². The molecule has 19 heavy (non-hydrogen) atoms. The highest BCUT2D eigenvalue weighted by Crippen LogP contribution is 2.19. The number of ether oxygens (including phenoxy) is 1. The molecule has 1 N–H and O–H groups in total. The molecule has 0 aliphatic heterocycles. The lowest BCUT2D eigenvalue weighted by atomic mass is 10.2. The summed E-state index contributed by atoms with van der Waals surface area (Å²) < 4.78 is 18.8. The Kier molecular flexibility index (Phi) is 6.29. The molecule has 0 spiro atoms. The number of likely N-dealkylation sites (N-methyl/N-ethyl adjacent to an activating group) is 2. The number of halogens is 1. The van der Waals surface area contributed by atoms with Crippen molar-refractivity contribution >= 4 is 5.91 Å². The molecule has 0 saturated heterocycles. The highest BCUT2D eigenvalue weighted by molar-refractivity contribution is 5.77. The summed E-state index contributed by atoms with van der Waals surface area (Å²) in [6.07, 6.45) is 0. The largest absolute Gasteiger partial charge is 0.491 e. The van der Waals surface area contributed by atoms with Gasteiger partial charge in [0.15, 0.2) is 11.6 Å². The summed E-state index contributed by atoms with van der Waals surface area (Å²) in [5.74, 6) is -0.170. The van der Waals surface area contributed by atoms with E-state index in [1.165, 1.54) is 6.07 Å². The summed E-state index contributed by atoms with van der Waals surface area (Å²) >= 11 is 0. The summed E-state index contributed by atoms with van der Waals surface area (Å²) in [5, 5.41) is 2.97. The van der Waals surface area contributed by atoms with Gasteiger partial charge in [0.25, 0.3) is 0 Å². The summed E-state index contributed by atoms with van der Waals surface area (Å²) in [6, 6.07) is 4.77. The van der Waals surface area contributed by atoms with Crippen LogP contribution in [0.1, 0.15) is 19.4 Å². The third-order valence-electron chi connectivity index (χ3n) is 2.67. The SMILES string of the molecule is CCNCC(=O)N(C)Cc1ccc(OCC)c(F)c1. The highest BCUT2D eigenvalue weighted by atomic mass is 19.1. The monoisotopic (exact) mass is 268 g/mol. The van der Waals surface area contributed by atoms with Crippen molar-refractivity contribution in [2.75, 3.05) is 26.7 Å². The minimum absolute atomic E-state index is 0.0175. The fraction of sp³-hybridized carbons (Fsp3) is 0.500. The van der Waals surface area contributed by atoms with Gasteiger partial charge in [0.1, 0.15) is 0 Å². The second-order valence-electron chi connectivity index (χ2n) is 4.23. The molecule has 0 aromatic heterocycles. The van der Waals surface area contributed by atoms with Crippen LogP contribution in [0.5, 0.6) is 5.75 Å². The summed E-state index contributed by atoms with van der Waals surface area (Å²) in [6.45, 7) is 5.60. The molecule has 0 unspecified atom stereocenters. The Bertz CT molecular complexity index is 424. The van der Waals surface area contributed by atoms with E-state index in [1.54, 1.807) is 31.0 Å². The zero-order valence-corrected chi connectivity index (χ0v) is 11.7. The van der Waals surface area contributed by atoms with E-state index in [9.17, 15) is 9.18 Å². The predicted octanol–water partition coefficient (Wildman–Crippen LogP) is 1.79. The van der Waals surface area contributed by atoms with E-state index in [0.29, 0.717) is 19.7 Å². The normalized spacial score (nSPS) is 10.3. The zero-order valence-electron chi connectivity index (χ0n) is 11.7. The van der Waals surface area contributed by atoms with Crippen LogP contribution in [-0.4, -0.2) is 37.6 Å². The Morgan fingerprint density at radius 2 is 2.16 bits per heavy atom. The van der Waals surface area contributed by atoms with Crippen LogP contribution >= 0.6 is 0 Å². The van der Waals surface area contributed by atoms with Crippen LogP contribution in [0.2, 0.25) is 0 Å². The maximum Gasteiger partial charge on any atom is 0.236 e. The molecule has 1 aromatic carbocycles. The van der Waals surface area contributed by atoms with E-state index in [4.69, 9.17) is 4.74 Å². The van der Waals surface area contributed by atoms with Gasteiger partial charge in [0, 0.05) is 13.6 Å². The molecule has 106 valence electrons. The maximum absolute atomic E-state index is 13.7. The molecular weight excluding hydrogens is 247 g/mol. The van der Waals surface area contributed by atoms with Gasteiger partial charge < -0.3 is 15.0 Å². The van der Waals surface area contributed by atoms with Crippen LogP contribution in [0.25, 0.3) is 0 Å². The van der Waals surface area contributed by atoms with Gasteiger partial charge in [-0.25, -0.2) is 4.39 Å². The number of carbonyl (C=O) groups is 1. The van der Waals surface area contributed by atoms with E-state index in [-0.39, 0.29) is 11.7 Å². The Morgan fingerprint density at radius 3 is 2.74 bits per heavy atom. The molecule has 0 radical (unpaired) electrons. The molecule has 0 fully saturated rings. The van der Waals surface area contributed by atoms with Crippen molar-refractivity contribution in [3.05, 3.63) is 29.6 Å². The van der Waals surface area contributed by atoms with Crippen molar-refractivity contribution in [3.8, 4) is 5.75 Å². The van der Waals surface area contributed by atoms with Crippen LogP contribution in [0.15, 0.2) is 18.2 Å². The summed E-state index contributed by atoms with van der Waals surface area (Å²) in [7, 11) is 1.70. The predicted molar refractivity (Wildman–Crippen MR) is 72.6 cm³/mol. The van der Waals surface area contributed by atoms with Gasteiger partial charge in [0.05, 0.1) is 13.2 Å². The van der Waals surface area contributed by atoms with Crippen molar-refractivity contribution in [2.24, 2.45) is 0 Å². The topological polar surface area (TPSA) is 41.6 Å². The van der Waals surface area contributed by atoms with Gasteiger partial charge in [-0.1, -0.05) is 13.0 Å². The van der Waals surface area contributed by atoms with E-state index in [0.717, 1.165) is 12.1 Å². The van der Waals surface area contributed by atoms with Gasteiger partial charge in [0.2, 0.25) is 5.91 Å². The number of amides is 1. The lowest BCUT2D eigenvalue weighted by molar-refractivity contribution is -0.129. The minimum atomic E-state index is -0.396. The van der Waals surface area contributed by atoms with E-state index in [1.807, 2.05) is 6.92 Å². The van der Waals surface area contributed by atoms with Crippen molar-refractivity contribution in [1.29, 1.82) is 0 Å². The first-order valence-corrected chi connectivity index (χ1v) is 6.44. The molecule has 1 amide bonds. The van der Waals surface area contributed by atoms with Crippen molar-refractivity contribution in [3.63, 3.8) is 0 Å². The molecule has 0 aliphatic carbocycles. The van der Waals surface area contributed by atoms with Crippen LogP contribution in [0.3, 0.4) is 0 Å². The van der Waals surface area contributed by atoms with Gasteiger partial charge in [-0.3, -0.25) is 4.79 Å². The first-order chi connectivity index (χ1) is 9.08. The zero-order chi connectivity index (χ0) is 14.3. The first-order valence-electron chi connectivity index (χ1n) is 6.44. The van der Waals surface area contributed by atoms with Crippen LogP contribution in [-0.2, 0) is 11.3 Å². The number of hydrogen-bond donors (Lipinski definition) is 1. The van der Waals surface area contributed by atoms with Crippen molar-refractivity contribution in [1.82, 2.24) is 10.2 Å². The molecule has 0 aliphatic rings. The van der Waals surface area contributed by atoms with E-state index in [2.05, 4.69) is 5.32 Å². The van der Waals surface area contributed by atoms with Gasteiger partial charge >= 0.3 is 0 Å². The molecule has 4 nitrogen and oxygen atoms in total. The smallest absolute Gasteiger partial charge is 0.236 e. The Hall–Kier alpha value is -1.62. The molecule has 0 bridgehead atoms. The van der Waals surface area contributed by atoms with Crippen LogP contribution in [0, 0.1) is 5.82 Å². The number of rotatable bonds is 7. The number of nitrogens with zero attached hydrogens (tertiary/aromatic N) is 1. The number of hydrogen-bond acceptors (Lipinski definition) is 3.